The molecule has 3 saturated heterocycles. The maximum atomic E-state index is 15.2. The Balaban J connectivity index is 0.849. The number of ether oxygens (including phenoxy) is 4. The number of carboxylic acid groups (broad SMARTS) is 1. The topological polar surface area (TPSA) is 529 Å². The van der Waals surface area contributed by atoms with Crippen LogP contribution in [-0.4, -0.2) is 266 Å². The Kier molecular flexibility index (Phi) is 38.2. The van der Waals surface area contributed by atoms with Gasteiger partial charge in [0.15, 0.2) is 6.10 Å². The van der Waals surface area contributed by atoms with Crippen LogP contribution in [0.4, 0.5) is 31.2 Å². The number of hydrogen-bond acceptors (Lipinski definition) is 24. The van der Waals surface area contributed by atoms with Crippen molar-refractivity contribution in [3.05, 3.63) is 119 Å². The van der Waals surface area contributed by atoms with Gasteiger partial charge >= 0.3 is 18.1 Å². The number of benzene rings is 4. The number of carbonyl (C=O) groups excluding carboxylic acids is 10. The number of halogens is 2. The van der Waals surface area contributed by atoms with Crippen molar-refractivity contribution in [1.82, 2.24) is 61.6 Å². The number of pyridine rings is 1. The van der Waals surface area contributed by atoms with Gasteiger partial charge in [-0.05, 0) is 147 Å². The van der Waals surface area contributed by atoms with Crippen molar-refractivity contribution in [3.63, 3.8) is 0 Å². The normalized spacial score (nSPS) is 19.3. The molecule has 37 nitrogen and oxygen atoms in total. The van der Waals surface area contributed by atoms with Gasteiger partial charge in [0.25, 0.3) is 0 Å². The summed E-state index contributed by atoms with van der Waals surface area (Å²) in [5, 5.41) is 76.5. The summed E-state index contributed by atoms with van der Waals surface area (Å²) in [5.41, 5.74) is 16.8. The molecule has 722 valence electrons. The molecule has 18 N–H and O–H groups in total. The molecule has 6 aromatic rings. The summed E-state index contributed by atoms with van der Waals surface area (Å²) in [6.07, 6.45) is -9.14. The average molecular weight is 1860 g/mol. The number of likely N-dealkylation sites (N-methyl/N-ethyl adjacent to an activating group) is 2. The zero-order chi connectivity index (χ0) is 96.8. The molecule has 0 radical (unpaired) electrons. The number of rotatable bonds is 44. The minimum absolute atomic E-state index is 0.0153. The molecule has 4 aromatic carbocycles. The molecule has 0 unspecified atom stereocenters. The van der Waals surface area contributed by atoms with Crippen molar-refractivity contribution < 1.29 is 102 Å². The van der Waals surface area contributed by atoms with E-state index < -0.39 is 175 Å². The van der Waals surface area contributed by atoms with Crippen LogP contribution in [0.3, 0.4) is 0 Å². The Morgan fingerprint density at radius 2 is 1.45 bits per heavy atom. The number of methoxy groups -OCH3 is 1. The van der Waals surface area contributed by atoms with Crippen LogP contribution in [0.2, 0.25) is 5.02 Å². The highest BCUT2D eigenvalue weighted by atomic mass is 35.5. The van der Waals surface area contributed by atoms with Crippen molar-refractivity contribution in [3.8, 4) is 28.3 Å². The van der Waals surface area contributed by atoms with Gasteiger partial charge in [-0.15, -0.1) is 0 Å². The number of nitrogens with two attached hydrogens (primary N) is 2. The number of imidazole rings is 1. The first kappa shape index (κ1) is 104. The number of aliphatic carboxylic acids is 1. The number of primary amides is 1. The second-order valence-corrected chi connectivity index (χ2v) is 36.1. The van der Waals surface area contributed by atoms with Gasteiger partial charge in [-0.3, -0.25) is 43.3 Å². The van der Waals surface area contributed by atoms with Crippen LogP contribution in [0.25, 0.3) is 33.5 Å². The fraction of sp³-hybridized carbons (Fsp3) is 0.559. The van der Waals surface area contributed by atoms with Crippen LogP contribution in [0.1, 0.15) is 163 Å². The number of H-pyrrole nitrogens is 1. The molecule has 0 spiro atoms. The predicted molar refractivity (Wildman–Crippen MR) is 492 cm³/mol. The lowest BCUT2D eigenvalue weighted by Crippen LogP contribution is -2.61. The Labute approximate surface area is 773 Å². The first-order chi connectivity index (χ1) is 62.6. The minimum Gasteiger partial charge on any atom is -0.479 e. The number of aromatic nitrogens is 3. The minimum atomic E-state index is -2.16. The van der Waals surface area contributed by atoms with Gasteiger partial charge in [-0.1, -0.05) is 123 Å². The summed E-state index contributed by atoms with van der Waals surface area (Å²) < 4.78 is 38.6. The molecule has 0 bridgehead atoms. The van der Waals surface area contributed by atoms with Crippen LogP contribution in [0.5, 0.6) is 5.75 Å². The first-order valence-corrected chi connectivity index (χ1v) is 45.4. The van der Waals surface area contributed by atoms with Gasteiger partial charge in [0.1, 0.15) is 72.3 Å². The van der Waals surface area contributed by atoms with E-state index in [0.29, 0.717) is 114 Å². The number of aryl methyl sites for hydroxylation is 1. The van der Waals surface area contributed by atoms with E-state index in [9.17, 15) is 73.5 Å². The van der Waals surface area contributed by atoms with E-state index in [-0.39, 0.29) is 92.8 Å². The Bertz CT molecular complexity index is 4970. The van der Waals surface area contributed by atoms with Gasteiger partial charge in [0, 0.05) is 108 Å². The van der Waals surface area contributed by atoms with E-state index >= 15 is 9.18 Å². The van der Waals surface area contributed by atoms with Gasteiger partial charge in [-0.25, -0.2) is 28.7 Å². The third-order valence-electron chi connectivity index (χ3n) is 24.5. The third-order valence-corrected chi connectivity index (χ3v) is 24.8. The second-order valence-electron chi connectivity index (χ2n) is 35.6. The number of piperidine rings is 1. The van der Waals surface area contributed by atoms with Crippen LogP contribution in [0.15, 0.2) is 91.1 Å². The zero-order valence-electron chi connectivity index (χ0n) is 77.4. The fourth-order valence-electron chi connectivity index (χ4n) is 17.0. The maximum Gasteiger partial charge on any atom is 0.410 e. The number of nitrogens with zero attached hydrogens (tertiary/aromatic N) is 6. The summed E-state index contributed by atoms with van der Waals surface area (Å²) in [6.45, 7) is 20.4. The van der Waals surface area contributed by atoms with Crippen LogP contribution in [-0.2, 0) is 64.0 Å². The molecule has 39 heteroatoms. The van der Waals surface area contributed by atoms with Crippen molar-refractivity contribution in [2.24, 2.45) is 41.1 Å². The maximum absolute atomic E-state index is 15.2. The summed E-state index contributed by atoms with van der Waals surface area (Å²) in [4.78, 5) is 172. The number of likely N-dealkylation sites (tertiary alicyclic amines) is 1. The molecule has 16 atom stereocenters. The van der Waals surface area contributed by atoms with Gasteiger partial charge in [0.05, 0.1) is 58.7 Å². The molecule has 132 heavy (non-hydrogen) atoms. The number of aliphatic hydroxyl groups is 4. The predicted octanol–water partition coefficient (Wildman–Crippen LogP) is 6.88. The Morgan fingerprint density at radius 3 is 2.10 bits per heavy atom. The molecule has 3 aliphatic heterocycles. The van der Waals surface area contributed by atoms with Crippen molar-refractivity contribution in [2.45, 2.75) is 245 Å². The third kappa shape index (κ3) is 27.6. The molecule has 9 rings (SSSR count). The van der Waals surface area contributed by atoms with Gasteiger partial charge < -0.3 is 118 Å². The van der Waals surface area contributed by atoms with E-state index in [1.54, 1.807) is 111 Å². The SMILES string of the molecule is CC[C@H](C)[C@@H]([C@@H](CC(=O)N1CCC[C@H]1C[C@@H](C)C(=O)N[C@H](C)[C@@H](O)c1ccccc1)OC)N(C)C(=O)[C@@H](NC(=O)[C@H](C(C)C)N(C)C(=O)OCc1ccc(NC(=O)[C@H](CCCNC(N)=O)NC(=O)[C@@H](NC(=O)CCC(=O)NCCNc2ncc(-c3cc(C)cc(F)c3)c(N3CCC(N)CC3)c2-c2nc3ccc(Cl)cc3[nH]2)C(C)C)c(O[C@@H]2O[C@H](C(=O)O)[C@@H](O)[C@H](O)[C@H]2O)c1)C(C)C. The summed E-state index contributed by atoms with van der Waals surface area (Å²) in [7, 11) is 4.38. The fourth-order valence-corrected chi connectivity index (χ4v) is 17.2. The number of urea groups is 1. The number of hydrogen-bond donors (Lipinski definition) is 16. The van der Waals surface area contributed by atoms with Gasteiger partial charge in [0.2, 0.25) is 53.5 Å². The second kappa shape index (κ2) is 48.3. The lowest BCUT2D eigenvalue weighted by Gasteiger charge is -2.40. The number of aromatic amines is 1. The molecule has 3 fully saturated rings. The number of carboxylic acids is 1. The summed E-state index contributed by atoms with van der Waals surface area (Å²) >= 11 is 6.42. The smallest absolute Gasteiger partial charge is 0.410 e. The summed E-state index contributed by atoms with van der Waals surface area (Å²) in [5.74, 6) is -9.00. The Hall–Kier alpha value is -11.4. The molecular formula is C93H131ClFN17O20. The molecule has 11 amide bonds. The van der Waals surface area contributed by atoms with Crippen LogP contribution >= 0.6 is 11.6 Å². The molecule has 0 aliphatic carbocycles. The quantitative estimate of drug-likeness (QED) is 0.0173. The largest absolute Gasteiger partial charge is 0.479 e. The molecule has 0 saturated carbocycles. The average Bonchev–Trinajstić information content (AvgIpc) is 1.41. The highest BCUT2D eigenvalue weighted by Gasteiger charge is 2.49. The number of fused-ring (bicyclic) bond motifs is 1. The lowest BCUT2D eigenvalue weighted by atomic mass is 9.89. The number of amides is 11. The van der Waals surface area contributed by atoms with Crippen molar-refractivity contribution in [2.75, 3.05) is 76.0 Å². The van der Waals surface area contributed by atoms with Gasteiger partial charge in [-0.2, -0.15) is 0 Å². The molecule has 2 aromatic heterocycles. The zero-order valence-corrected chi connectivity index (χ0v) is 78.1. The standard InChI is InChI=1S/C93H131ClFN17O20/c1-15-52(9)76(68(129-14)45-71(115)112-36-20-23-61(112)41-53(10)85(120)102-54(11)78(116)56-21-17-16-18-22-56)109(12)89(124)74(49(4)5)108-88(123)75(50(6)7)110(13)93(128)130-47-55-25-27-64(67(42-55)131-91-81(119)79(117)80(118)82(132-91)90(125)126)105-86(121)65(24-19-33-100-92(97)127)106-87(122)73(48(2)3)107-70(114)30-29-69(113)98-34-35-99-83-72(84-103-63-28-26-58(94)44-66(63)104-84)77(111-37-31-60(96)32-38-111)62(46-101-83)57-39-51(8)40-59(95)43-57/h16-18,21-22,25-28,39-40,42-44,46,48-50,52-54,60-61,65,68,73-76,78-82,91,116-119H,15,19-20,23-24,29-38,41,45,47,96H2,1-14H3,(H,98,113)(H,99,101)(H,102,120)(H,103,104)(H,105,121)(H,106,122)(H,107,114)(H,108,123)(H,125,126)(H3,97,100,127)/t52-,53+,54+,61-,65-,68+,73-,74-,75-,76-,78+,79-,80-,81+,82-,91+/m0/s1. The lowest BCUT2D eigenvalue weighted by molar-refractivity contribution is -0.271. The molecule has 3 aliphatic rings. The highest BCUT2D eigenvalue weighted by molar-refractivity contribution is 6.31. The van der Waals surface area contributed by atoms with Crippen molar-refractivity contribution in [1.29, 1.82) is 0 Å². The van der Waals surface area contributed by atoms with E-state index in [1.165, 1.54) is 49.4 Å². The summed E-state index contributed by atoms with van der Waals surface area (Å²) in [6, 6.07) is 15.1. The molecule has 5 heterocycles. The van der Waals surface area contributed by atoms with E-state index in [2.05, 4.69) is 52.4 Å². The van der Waals surface area contributed by atoms with E-state index in [0.717, 1.165) is 10.6 Å². The highest BCUT2D eigenvalue weighted by Crippen LogP contribution is 2.45. The number of carbonyl (C=O) groups is 11. The number of aliphatic hydroxyl groups excluding tert-OH is 4. The number of nitrogens with one attached hydrogen (secondary N) is 9. The molecular weight excluding hydrogens is 1730 g/mol. The number of anilines is 3. The van der Waals surface area contributed by atoms with E-state index in [1.807, 2.05) is 38.1 Å². The first-order valence-electron chi connectivity index (χ1n) is 45.1. The van der Waals surface area contributed by atoms with Crippen LogP contribution in [0, 0.1) is 42.3 Å². The monoisotopic (exact) mass is 1860 g/mol. The van der Waals surface area contributed by atoms with E-state index in [4.69, 9.17) is 52.0 Å². The van der Waals surface area contributed by atoms with Crippen LogP contribution < -0.4 is 63.6 Å². The van der Waals surface area contributed by atoms with Crippen molar-refractivity contribution >= 4 is 105 Å². The Morgan fingerprint density at radius 1 is 0.750 bits per heavy atom.